The number of aromatic hydroxyl groups is 1. The lowest BCUT2D eigenvalue weighted by Crippen LogP contribution is -2.28. The van der Waals surface area contributed by atoms with Crippen LogP contribution >= 0.6 is 0 Å². The number of rotatable bonds is 11. The molecule has 0 saturated carbocycles. The minimum absolute atomic E-state index is 0.00972. The zero-order chi connectivity index (χ0) is 28.2. The number of ether oxygens (including phenoxy) is 1. The van der Waals surface area contributed by atoms with E-state index in [9.17, 15) is 36.6 Å². The summed E-state index contributed by atoms with van der Waals surface area (Å²) in [7, 11) is -4.24. The van der Waals surface area contributed by atoms with Crippen LogP contribution in [0.2, 0.25) is 0 Å². The van der Waals surface area contributed by atoms with Crippen LogP contribution in [0.1, 0.15) is 24.5 Å². The van der Waals surface area contributed by atoms with Crippen molar-refractivity contribution in [3.63, 3.8) is 0 Å². The average molecular weight is 552 g/mol. The van der Waals surface area contributed by atoms with Crippen LogP contribution in [0.25, 0.3) is 11.1 Å². The molecule has 1 atom stereocenters. The molecule has 6 N–H and O–H groups in total. The maximum atomic E-state index is 13.8. The largest absolute Gasteiger partial charge is 0.507 e. The zero-order valence-electron chi connectivity index (χ0n) is 20.0. The second kappa shape index (κ2) is 11.5. The van der Waals surface area contributed by atoms with Crippen molar-refractivity contribution >= 4 is 21.8 Å². The fraction of sp³-hybridized carbons (Fsp3) is 0.200. The highest BCUT2D eigenvalue weighted by Crippen LogP contribution is 2.31. The molecule has 0 aliphatic carbocycles. The second-order valence-electron chi connectivity index (χ2n) is 8.17. The van der Waals surface area contributed by atoms with E-state index in [-0.39, 0.29) is 41.8 Å². The van der Waals surface area contributed by atoms with E-state index < -0.39 is 56.0 Å². The third-order valence-corrected chi connectivity index (χ3v) is 7.04. The zero-order valence-corrected chi connectivity index (χ0v) is 20.8. The maximum Gasteiger partial charge on any atom is 0.344 e. The second-order valence-corrected chi connectivity index (χ2v) is 9.91. The quantitative estimate of drug-likeness (QED) is 0.138. The van der Waals surface area contributed by atoms with Gasteiger partial charge >= 0.3 is 5.97 Å². The van der Waals surface area contributed by atoms with Crippen molar-refractivity contribution in [3.05, 3.63) is 77.1 Å². The number of phenolic OH excluding ortho intramolecular Hbond substituents is 1. The molecular weight excluding hydrogens is 527 g/mol. The molecular formula is C25H24F3N3O6S. The molecule has 0 heterocycles. The highest BCUT2D eigenvalue weighted by Gasteiger charge is 2.22. The summed E-state index contributed by atoms with van der Waals surface area (Å²) in [4.78, 5) is 11.0. The molecule has 3 rings (SSSR count). The molecule has 9 nitrogen and oxygen atoms in total. The number of amidine groups is 1. The van der Waals surface area contributed by atoms with E-state index in [0.717, 1.165) is 24.3 Å². The van der Waals surface area contributed by atoms with Gasteiger partial charge in [-0.15, -0.1) is 0 Å². The molecule has 0 radical (unpaired) electrons. The van der Waals surface area contributed by atoms with E-state index in [4.69, 9.17) is 15.9 Å². The number of carboxylic acid groups (broad SMARTS) is 1. The Morgan fingerprint density at radius 2 is 1.74 bits per heavy atom. The highest BCUT2D eigenvalue weighted by atomic mass is 32.2. The van der Waals surface area contributed by atoms with Crippen LogP contribution in [-0.2, 0) is 21.2 Å². The number of benzene rings is 3. The van der Waals surface area contributed by atoms with Gasteiger partial charge in [0.25, 0.3) is 0 Å². The Balaban J connectivity index is 1.90. The van der Waals surface area contributed by atoms with Crippen molar-refractivity contribution in [2.24, 2.45) is 5.73 Å². The monoisotopic (exact) mass is 551 g/mol. The van der Waals surface area contributed by atoms with Gasteiger partial charge in [0.2, 0.25) is 10.0 Å². The fourth-order valence-corrected chi connectivity index (χ4v) is 4.68. The lowest BCUT2D eigenvalue weighted by atomic mass is 10.0. The number of nitrogen functional groups attached to an aromatic ring is 1. The summed E-state index contributed by atoms with van der Waals surface area (Å²) >= 11 is 0. The molecule has 0 fully saturated rings. The number of hydrogen-bond acceptors (Lipinski definition) is 6. The van der Waals surface area contributed by atoms with Crippen LogP contribution in [0.5, 0.6) is 11.5 Å². The third-order valence-electron chi connectivity index (χ3n) is 5.55. The van der Waals surface area contributed by atoms with Crippen LogP contribution in [0.4, 0.5) is 13.2 Å². The van der Waals surface area contributed by atoms with Gasteiger partial charge in [0.15, 0.2) is 23.6 Å². The van der Waals surface area contributed by atoms with Crippen LogP contribution in [-0.4, -0.2) is 43.1 Å². The van der Waals surface area contributed by atoms with Crippen molar-refractivity contribution in [2.75, 3.05) is 6.54 Å². The Labute approximate surface area is 216 Å². The predicted molar refractivity (Wildman–Crippen MR) is 132 cm³/mol. The molecule has 0 aliphatic heterocycles. The van der Waals surface area contributed by atoms with Gasteiger partial charge in [0.05, 0.1) is 0 Å². The maximum absolute atomic E-state index is 13.8. The Hall–Kier alpha value is -4.10. The van der Waals surface area contributed by atoms with Crippen LogP contribution < -0.4 is 15.2 Å². The molecule has 0 saturated heterocycles. The summed E-state index contributed by atoms with van der Waals surface area (Å²) in [6.45, 7) is 1.36. The topological polar surface area (TPSA) is 163 Å². The van der Waals surface area contributed by atoms with Gasteiger partial charge in [0.1, 0.15) is 22.2 Å². The molecule has 3 aromatic rings. The number of nitrogens with two attached hydrogens (primary N) is 1. The first-order valence-electron chi connectivity index (χ1n) is 11.2. The van der Waals surface area contributed by atoms with Crippen molar-refractivity contribution in [2.45, 2.75) is 30.8 Å². The normalized spacial score (nSPS) is 12.2. The molecule has 202 valence electrons. The van der Waals surface area contributed by atoms with E-state index in [1.165, 1.54) is 24.3 Å². The number of halogens is 3. The minimum Gasteiger partial charge on any atom is -0.507 e. The van der Waals surface area contributed by atoms with E-state index in [1.54, 1.807) is 6.92 Å². The van der Waals surface area contributed by atoms with Gasteiger partial charge in [-0.1, -0.05) is 19.1 Å². The molecule has 38 heavy (non-hydrogen) atoms. The molecule has 0 amide bonds. The Morgan fingerprint density at radius 3 is 2.32 bits per heavy atom. The van der Waals surface area contributed by atoms with Crippen LogP contribution in [0.3, 0.4) is 0 Å². The van der Waals surface area contributed by atoms with Gasteiger partial charge in [-0.3, -0.25) is 5.41 Å². The third kappa shape index (κ3) is 6.42. The van der Waals surface area contributed by atoms with Crippen LogP contribution in [0, 0.1) is 22.9 Å². The summed E-state index contributed by atoms with van der Waals surface area (Å²) in [5.74, 6) is -6.64. The predicted octanol–water partition coefficient (Wildman–Crippen LogP) is 3.52. The van der Waals surface area contributed by atoms with Gasteiger partial charge in [-0.05, 0) is 65.9 Å². The summed E-state index contributed by atoms with van der Waals surface area (Å²) in [6, 6.07) is 9.20. The van der Waals surface area contributed by atoms with Gasteiger partial charge in [0, 0.05) is 12.1 Å². The Bertz CT molecular complexity index is 1470. The molecule has 3 aromatic carbocycles. The van der Waals surface area contributed by atoms with Crippen molar-refractivity contribution in [1.82, 2.24) is 4.72 Å². The average Bonchev–Trinajstić information content (AvgIpc) is 2.85. The highest BCUT2D eigenvalue weighted by molar-refractivity contribution is 7.89. The van der Waals surface area contributed by atoms with E-state index in [0.29, 0.717) is 5.56 Å². The lowest BCUT2D eigenvalue weighted by Gasteiger charge is -2.18. The number of carboxylic acids is 1. The van der Waals surface area contributed by atoms with Crippen molar-refractivity contribution in [1.29, 1.82) is 5.41 Å². The van der Waals surface area contributed by atoms with Gasteiger partial charge in [-0.25, -0.2) is 31.1 Å². The Kier molecular flexibility index (Phi) is 8.63. The number of aliphatic carboxylic acids is 1. The van der Waals surface area contributed by atoms with Gasteiger partial charge < -0.3 is 20.7 Å². The summed E-state index contributed by atoms with van der Waals surface area (Å²) < 4.78 is 74.4. The van der Waals surface area contributed by atoms with Gasteiger partial charge in [-0.2, -0.15) is 0 Å². The summed E-state index contributed by atoms with van der Waals surface area (Å²) in [5, 5.41) is 26.9. The van der Waals surface area contributed by atoms with E-state index in [2.05, 4.69) is 4.72 Å². The van der Waals surface area contributed by atoms with E-state index in [1.807, 2.05) is 0 Å². The van der Waals surface area contributed by atoms with Crippen molar-refractivity contribution in [3.8, 4) is 22.6 Å². The SMILES string of the molecule is CCC(Oc1cc(-c2cc(F)c(F)c(F)c2)ccc1CCNS(=O)(=O)c1cc(C(=N)N)ccc1O)C(=O)O. The molecule has 0 bridgehead atoms. The number of carbonyl (C=O) groups is 1. The molecule has 1 unspecified atom stereocenters. The molecule has 13 heteroatoms. The van der Waals surface area contributed by atoms with Crippen molar-refractivity contribution < 1.29 is 41.3 Å². The fourth-order valence-electron chi connectivity index (χ4n) is 3.53. The standard InChI is InChI=1S/C25H24F3N3O6S/c1-2-20(25(33)34)37-21-11-14(16-9-17(26)23(28)18(27)10-16)4-3-13(21)7-8-31-38(35,36)22-12-15(24(29)30)5-6-19(22)32/h3-6,9-12,20,31-32H,2,7-8H2,1H3,(H3,29,30)(H,33,34). The number of nitrogens with one attached hydrogen (secondary N) is 2. The summed E-state index contributed by atoms with van der Waals surface area (Å²) in [6.07, 6.45) is -1.20. The summed E-state index contributed by atoms with van der Waals surface area (Å²) in [5.41, 5.74) is 6.01. The van der Waals surface area contributed by atoms with Crippen LogP contribution in [0.15, 0.2) is 53.4 Å². The number of hydrogen-bond donors (Lipinski definition) is 5. The minimum atomic E-state index is -4.24. The lowest BCUT2D eigenvalue weighted by molar-refractivity contribution is -0.145. The molecule has 0 aromatic heterocycles. The van der Waals surface area contributed by atoms with E-state index >= 15 is 0 Å². The number of sulfonamides is 1. The Morgan fingerprint density at radius 1 is 1.08 bits per heavy atom. The molecule has 0 spiro atoms. The smallest absolute Gasteiger partial charge is 0.344 e. The first-order chi connectivity index (χ1) is 17.8. The first-order valence-corrected chi connectivity index (χ1v) is 12.7. The first kappa shape index (κ1) is 28.5. The number of phenols is 1. The molecule has 0 aliphatic rings.